The van der Waals surface area contributed by atoms with Crippen LogP contribution in [-0.4, -0.2) is 17.3 Å². The first-order valence-corrected chi connectivity index (χ1v) is 5.75. The summed E-state index contributed by atoms with van der Waals surface area (Å²) in [4.78, 5) is 0. The summed E-state index contributed by atoms with van der Waals surface area (Å²) in [5.74, 6) is 0.195. The van der Waals surface area contributed by atoms with Crippen LogP contribution in [0.15, 0.2) is 43.0 Å². The van der Waals surface area contributed by atoms with Crippen LogP contribution in [0.1, 0.15) is 18.4 Å². The van der Waals surface area contributed by atoms with Crippen molar-refractivity contribution in [2.45, 2.75) is 31.7 Å². The fourth-order valence-electron chi connectivity index (χ4n) is 2.18. The third-order valence-electron chi connectivity index (χ3n) is 3.16. The van der Waals surface area contributed by atoms with Crippen LogP contribution >= 0.6 is 0 Å². The highest BCUT2D eigenvalue weighted by Crippen LogP contribution is 2.29. The second-order valence-electron chi connectivity index (χ2n) is 4.36. The van der Waals surface area contributed by atoms with E-state index in [0.29, 0.717) is 6.61 Å². The van der Waals surface area contributed by atoms with E-state index in [-0.39, 0.29) is 18.1 Å². The standard InChI is InChI=1S/C14H18O2/c1-2-12-8-13(9-14(12)15)16-10-11-6-4-3-5-7-11/h2-7,12-15H,1,8-10H2/t12-,13-,14-/m1/s1. The van der Waals surface area contributed by atoms with Crippen molar-refractivity contribution in [3.8, 4) is 0 Å². The molecule has 0 unspecified atom stereocenters. The second-order valence-corrected chi connectivity index (χ2v) is 4.36. The fraction of sp³-hybridized carbons (Fsp3) is 0.429. The van der Waals surface area contributed by atoms with E-state index in [2.05, 4.69) is 18.7 Å². The molecule has 0 aromatic heterocycles. The molecule has 1 aliphatic carbocycles. The quantitative estimate of drug-likeness (QED) is 0.787. The van der Waals surface area contributed by atoms with Crippen LogP contribution in [0, 0.1) is 5.92 Å². The van der Waals surface area contributed by atoms with Gasteiger partial charge in [-0.3, -0.25) is 0 Å². The molecule has 1 aromatic carbocycles. The van der Waals surface area contributed by atoms with E-state index in [9.17, 15) is 5.11 Å². The predicted octanol–water partition coefficient (Wildman–Crippen LogP) is 2.53. The van der Waals surface area contributed by atoms with E-state index in [4.69, 9.17) is 4.74 Å². The predicted molar refractivity (Wildman–Crippen MR) is 63.9 cm³/mol. The summed E-state index contributed by atoms with van der Waals surface area (Å²) in [6, 6.07) is 10.1. The van der Waals surface area contributed by atoms with E-state index < -0.39 is 0 Å². The fourth-order valence-corrected chi connectivity index (χ4v) is 2.18. The van der Waals surface area contributed by atoms with Gasteiger partial charge in [0.05, 0.1) is 18.8 Å². The molecule has 2 nitrogen and oxygen atoms in total. The Morgan fingerprint density at radius 3 is 2.69 bits per heavy atom. The van der Waals surface area contributed by atoms with Gasteiger partial charge in [0.15, 0.2) is 0 Å². The average Bonchev–Trinajstić information content (AvgIpc) is 2.69. The van der Waals surface area contributed by atoms with Gasteiger partial charge in [0.1, 0.15) is 0 Å². The van der Waals surface area contributed by atoms with Crippen molar-refractivity contribution in [1.82, 2.24) is 0 Å². The van der Waals surface area contributed by atoms with Gasteiger partial charge < -0.3 is 9.84 Å². The Morgan fingerprint density at radius 1 is 1.31 bits per heavy atom. The molecular weight excluding hydrogens is 200 g/mol. The maximum Gasteiger partial charge on any atom is 0.0720 e. The lowest BCUT2D eigenvalue weighted by atomic mass is 10.1. The zero-order valence-corrected chi connectivity index (χ0v) is 9.38. The Morgan fingerprint density at radius 2 is 2.06 bits per heavy atom. The highest BCUT2D eigenvalue weighted by molar-refractivity contribution is 5.13. The average molecular weight is 218 g/mol. The molecule has 1 saturated carbocycles. The highest BCUT2D eigenvalue weighted by Gasteiger charge is 2.31. The summed E-state index contributed by atoms with van der Waals surface area (Å²) < 4.78 is 5.78. The van der Waals surface area contributed by atoms with Crippen LogP contribution in [0.5, 0.6) is 0 Å². The molecule has 0 aliphatic heterocycles. The number of benzene rings is 1. The number of hydrogen-bond donors (Lipinski definition) is 1. The van der Waals surface area contributed by atoms with Crippen molar-refractivity contribution in [3.05, 3.63) is 48.6 Å². The molecule has 0 heterocycles. The van der Waals surface area contributed by atoms with Crippen LogP contribution in [0.25, 0.3) is 0 Å². The molecule has 0 saturated heterocycles. The number of ether oxygens (including phenoxy) is 1. The number of hydrogen-bond acceptors (Lipinski definition) is 2. The molecule has 1 N–H and O–H groups in total. The minimum Gasteiger partial charge on any atom is -0.392 e. The Hall–Kier alpha value is -1.12. The van der Waals surface area contributed by atoms with Crippen molar-refractivity contribution in [2.75, 3.05) is 0 Å². The number of rotatable bonds is 4. The van der Waals surface area contributed by atoms with Crippen LogP contribution in [0.3, 0.4) is 0 Å². The zero-order valence-electron chi connectivity index (χ0n) is 9.38. The van der Waals surface area contributed by atoms with Crippen molar-refractivity contribution >= 4 is 0 Å². The van der Waals surface area contributed by atoms with Gasteiger partial charge in [-0.2, -0.15) is 0 Å². The van der Waals surface area contributed by atoms with Crippen LogP contribution in [0.4, 0.5) is 0 Å². The van der Waals surface area contributed by atoms with Gasteiger partial charge in [0.2, 0.25) is 0 Å². The zero-order chi connectivity index (χ0) is 11.4. The first-order chi connectivity index (χ1) is 7.79. The molecule has 2 heteroatoms. The molecule has 0 bridgehead atoms. The molecule has 1 aromatic rings. The Balaban J connectivity index is 1.82. The lowest BCUT2D eigenvalue weighted by Gasteiger charge is -2.11. The molecular formula is C14H18O2. The van der Waals surface area contributed by atoms with Crippen molar-refractivity contribution < 1.29 is 9.84 Å². The molecule has 3 atom stereocenters. The van der Waals surface area contributed by atoms with Crippen LogP contribution in [0.2, 0.25) is 0 Å². The van der Waals surface area contributed by atoms with E-state index in [1.807, 2.05) is 24.3 Å². The molecule has 1 aliphatic rings. The van der Waals surface area contributed by atoms with Gasteiger partial charge in [0.25, 0.3) is 0 Å². The van der Waals surface area contributed by atoms with Gasteiger partial charge >= 0.3 is 0 Å². The van der Waals surface area contributed by atoms with Crippen molar-refractivity contribution in [2.24, 2.45) is 5.92 Å². The first kappa shape index (κ1) is 11.4. The maximum absolute atomic E-state index is 9.71. The third-order valence-corrected chi connectivity index (χ3v) is 3.16. The Bertz CT molecular complexity index is 334. The molecule has 2 rings (SSSR count). The lowest BCUT2D eigenvalue weighted by molar-refractivity contribution is 0.0357. The van der Waals surface area contributed by atoms with Gasteiger partial charge in [-0.25, -0.2) is 0 Å². The number of aliphatic hydroxyl groups is 1. The second kappa shape index (κ2) is 5.28. The molecule has 86 valence electrons. The summed E-state index contributed by atoms with van der Waals surface area (Å²) in [6.45, 7) is 4.36. The van der Waals surface area contributed by atoms with E-state index in [1.54, 1.807) is 0 Å². The van der Waals surface area contributed by atoms with Gasteiger partial charge in [0, 0.05) is 12.3 Å². The third kappa shape index (κ3) is 2.71. The molecule has 1 fully saturated rings. The molecule has 0 spiro atoms. The first-order valence-electron chi connectivity index (χ1n) is 5.75. The highest BCUT2D eigenvalue weighted by atomic mass is 16.5. The normalized spacial score (nSPS) is 29.2. The lowest BCUT2D eigenvalue weighted by Crippen LogP contribution is -2.10. The molecule has 16 heavy (non-hydrogen) atoms. The van der Waals surface area contributed by atoms with Crippen molar-refractivity contribution in [3.63, 3.8) is 0 Å². The largest absolute Gasteiger partial charge is 0.392 e. The summed E-state index contributed by atoms with van der Waals surface area (Å²) in [6.07, 6.45) is 3.33. The molecule has 0 radical (unpaired) electrons. The topological polar surface area (TPSA) is 29.5 Å². The minimum atomic E-state index is -0.279. The smallest absolute Gasteiger partial charge is 0.0720 e. The van der Waals surface area contributed by atoms with Gasteiger partial charge in [-0.05, 0) is 12.0 Å². The summed E-state index contributed by atoms with van der Waals surface area (Å²) in [7, 11) is 0. The summed E-state index contributed by atoms with van der Waals surface area (Å²) in [5.41, 5.74) is 1.18. The van der Waals surface area contributed by atoms with Gasteiger partial charge in [-0.1, -0.05) is 36.4 Å². The maximum atomic E-state index is 9.71. The van der Waals surface area contributed by atoms with E-state index in [0.717, 1.165) is 12.8 Å². The summed E-state index contributed by atoms with van der Waals surface area (Å²) >= 11 is 0. The Kier molecular flexibility index (Phi) is 3.75. The van der Waals surface area contributed by atoms with Crippen molar-refractivity contribution in [1.29, 1.82) is 0 Å². The minimum absolute atomic E-state index is 0.165. The van der Waals surface area contributed by atoms with E-state index >= 15 is 0 Å². The van der Waals surface area contributed by atoms with Gasteiger partial charge in [-0.15, -0.1) is 6.58 Å². The SMILES string of the molecule is C=C[C@@H]1C[C@@H](OCc2ccccc2)C[C@H]1O. The number of aliphatic hydroxyl groups excluding tert-OH is 1. The Labute approximate surface area is 96.6 Å². The van der Waals surface area contributed by atoms with Crippen LogP contribution in [-0.2, 0) is 11.3 Å². The summed E-state index contributed by atoms with van der Waals surface area (Å²) in [5, 5.41) is 9.71. The monoisotopic (exact) mass is 218 g/mol. The van der Waals surface area contributed by atoms with E-state index in [1.165, 1.54) is 5.56 Å². The van der Waals surface area contributed by atoms with Crippen LogP contribution < -0.4 is 0 Å². The molecule has 0 amide bonds.